The fraction of sp³-hybridized carbons (Fsp3) is 0.500. The van der Waals surface area contributed by atoms with Crippen molar-refractivity contribution >= 4 is 0 Å². The molecular formula is C12H18FN. The van der Waals surface area contributed by atoms with Gasteiger partial charge in [0.25, 0.3) is 0 Å². The summed E-state index contributed by atoms with van der Waals surface area (Å²) in [5.74, 6) is 0.133. The minimum Gasteiger partial charge on any atom is -0.321 e. The molecule has 0 saturated heterocycles. The maximum atomic E-state index is 12.7. The van der Waals surface area contributed by atoms with Crippen molar-refractivity contribution in [1.82, 2.24) is 0 Å². The molecule has 1 aromatic carbocycles. The van der Waals surface area contributed by atoms with Crippen LogP contribution in [0, 0.1) is 11.7 Å². The highest BCUT2D eigenvalue weighted by atomic mass is 19.1. The fourth-order valence-electron chi connectivity index (χ4n) is 1.71. The molecule has 1 atom stereocenters. The zero-order chi connectivity index (χ0) is 10.8. The van der Waals surface area contributed by atoms with Gasteiger partial charge < -0.3 is 5.73 Å². The molecule has 0 aromatic heterocycles. The monoisotopic (exact) mass is 195 g/mol. The van der Waals surface area contributed by atoms with Gasteiger partial charge in [0.15, 0.2) is 0 Å². The lowest BCUT2D eigenvalue weighted by molar-refractivity contribution is 0.305. The van der Waals surface area contributed by atoms with Crippen LogP contribution in [0.15, 0.2) is 24.3 Å². The highest BCUT2D eigenvalue weighted by Gasteiger charge is 2.28. The number of rotatable bonds is 3. The van der Waals surface area contributed by atoms with Crippen LogP contribution in [0.5, 0.6) is 0 Å². The lowest BCUT2D eigenvalue weighted by Crippen LogP contribution is -2.41. The van der Waals surface area contributed by atoms with Gasteiger partial charge in [-0.1, -0.05) is 32.9 Å². The van der Waals surface area contributed by atoms with E-state index in [1.54, 1.807) is 12.1 Å². The lowest BCUT2D eigenvalue weighted by Gasteiger charge is -2.33. The summed E-state index contributed by atoms with van der Waals surface area (Å²) in [7, 11) is 0. The molecular weight excluding hydrogens is 177 g/mol. The predicted octanol–water partition coefficient (Wildman–Crippen LogP) is 3.05. The van der Waals surface area contributed by atoms with Crippen molar-refractivity contribution < 1.29 is 4.39 Å². The van der Waals surface area contributed by atoms with Gasteiger partial charge in [-0.25, -0.2) is 4.39 Å². The summed E-state index contributed by atoms with van der Waals surface area (Å²) >= 11 is 0. The summed E-state index contributed by atoms with van der Waals surface area (Å²) in [6.45, 7) is 6.24. The van der Waals surface area contributed by atoms with E-state index in [0.717, 1.165) is 12.0 Å². The van der Waals surface area contributed by atoms with Crippen molar-refractivity contribution in [2.75, 3.05) is 0 Å². The Morgan fingerprint density at radius 2 is 1.79 bits per heavy atom. The van der Waals surface area contributed by atoms with Crippen molar-refractivity contribution in [1.29, 1.82) is 0 Å². The SMILES string of the molecule is CC[C@@](N)(c1ccc(F)cc1)C(C)C. The van der Waals surface area contributed by atoms with E-state index in [9.17, 15) is 4.39 Å². The van der Waals surface area contributed by atoms with Gasteiger partial charge in [-0.05, 0) is 30.0 Å². The Bertz CT molecular complexity index is 292. The van der Waals surface area contributed by atoms with E-state index in [1.165, 1.54) is 12.1 Å². The molecule has 14 heavy (non-hydrogen) atoms. The Morgan fingerprint density at radius 3 is 2.14 bits per heavy atom. The molecule has 2 heteroatoms. The van der Waals surface area contributed by atoms with Crippen LogP contribution < -0.4 is 5.73 Å². The normalized spacial score (nSPS) is 15.6. The van der Waals surface area contributed by atoms with Gasteiger partial charge in [0.1, 0.15) is 5.82 Å². The largest absolute Gasteiger partial charge is 0.321 e. The molecule has 78 valence electrons. The second-order valence-corrected chi connectivity index (χ2v) is 4.06. The summed E-state index contributed by atoms with van der Waals surface area (Å²) in [4.78, 5) is 0. The molecule has 0 bridgehead atoms. The van der Waals surface area contributed by atoms with Crippen LogP contribution in [0.3, 0.4) is 0 Å². The Hall–Kier alpha value is -0.890. The molecule has 1 aromatic rings. The van der Waals surface area contributed by atoms with Crippen molar-refractivity contribution in [3.63, 3.8) is 0 Å². The smallest absolute Gasteiger partial charge is 0.123 e. The molecule has 0 heterocycles. The van der Waals surface area contributed by atoms with Gasteiger partial charge in [-0.15, -0.1) is 0 Å². The van der Waals surface area contributed by atoms with E-state index in [0.29, 0.717) is 5.92 Å². The molecule has 0 aliphatic heterocycles. The maximum Gasteiger partial charge on any atom is 0.123 e. The van der Waals surface area contributed by atoms with Crippen LogP contribution in [0.4, 0.5) is 4.39 Å². The molecule has 0 fully saturated rings. The molecule has 0 amide bonds. The molecule has 1 nitrogen and oxygen atoms in total. The Balaban J connectivity index is 3.06. The average Bonchev–Trinajstić information content (AvgIpc) is 2.17. The van der Waals surface area contributed by atoms with Gasteiger partial charge in [-0.2, -0.15) is 0 Å². The molecule has 0 saturated carbocycles. The molecule has 0 spiro atoms. The number of hydrogen-bond donors (Lipinski definition) is 1. The van der Waals surface area contributed by atoms with E-state index in [1.807, 2.05) is 0 Å². The van der Waals surface area contributed by atoms with Gasteiger partial charge in [-0.3, -0.25) is 0 Å². The Labute approximate surface area is 85.1 Å². The topological polar surface area (TPSA) is 26.0 Å². The van der Waals surface area contributed by atoms with E-state index in [4.69, 9.17) is 5.73 Å². The molecule has 0 aliphatic carbocycles. The predicted molar refractivity (Wildman–Crippen MR) is 57.4 cm³/mol. The first-order valence-electron chi connectivity index (χ1n) is 5.05. The van der Waals surface area contributed by atoms with E-state index in [2.05, 4.69) is 20.8 Å². The van der Waals surface area contributed by atoms with Crippen molar-refractivity contribution in [3.05, 3.63) is 35.6 Å². The standard InChI is InChI=1S/C12H18FN/c1-4-12(14,9(2)3)10-5-7-11(13)8-6-10/h5-9H,4,14H2,1-3H3/t12-/m0/s1. The van der Waals surface area contributed by atoms with Gasteiger partial charge in [0.2, 0.25) is 0 Å². The van der Waals surface area contributed by atoms with E-state index >= 15 is 0 Å². The van der Waals surface area contributed by atoms with Crippen molar-refractivity contribution in [2.45, 2.75) is 32.7 Å². The highest BCUT2D eigenvalue weighted by Crippen LogP contribution is 2.29. The Morgan fingerprint density at radius 1 is 1.29 bits per heavy atom. The summed E-state index contributed by atoms with van der Waals surface area (Å²) in [5, 5.41) is 0. The van der Waals surface area contributed by atoms with Crippen LogP contribution in [-0.2, 0) is 5.54 Å². The van der Waals surface area contributed by atoms with Crippen LogP contribution in [0.2, 0.25) is 0 Å². The number of hydrogen-bond acceptors (Lipinski definition) is 1. The third-order valence-electron chi connectivity index (χ3n) is 3.00. The lowest BCUT2D eigenvalue weighted by atomic mass is 9.79. The van der Waals surface area contributed by atoms with Crippen LogP contribution >= 0.6 is 0 Å². The van der Waals surface area contributed by atoms with E-state index in [-0.39, 0.29) is 11.4 Å². The number of benzene rings is 1. The first-order chi connectivity index (χ1) is 6.50. The van der Waals surface area contributed by atoms with Crippen LogP contribution in [-0.4, -0.2) is 0 Å². The van der Waals surface area contributed by atoms with Gasteiger partial charge >= 0.3 is 0 Å². The Kier molecular flexibility index (Phi) is 3.27. The number of halogens is 1. The second kappa shape index (κ2) is 4.09. The number of nitrogens with two attached hydrogens (primary N) is 1. The zero-order valence-electron chi connectivity index (χ0n) is 9.05. The summed E-state index contributed by atoms with van der Waals surface area (Å²) < 4.78 is 12.7. The fourth-order valence-corrected chi connectivity index (χ4v) is 1.71. The van der Waals surface area contributed by atoms with Gasteiger partial charge in [0.05, 0.1) is 0 Å². The van der Waals surface area contributed by atoms with Crippen LogP contribution in [0.25, 0.3) is 0 Å². The third kappa shape index (κ3) is 1.95. The second-order valence-electron chi connectivity index (χ2n) is 4.06. The third-order valence-corrected chi connectivity index (χ3v) is 3.00. The minimum atomic E-state index is -0.340. The molecule has 0 aliphatic rings. The van der Waals surface area contributed by atoms with E-state index < -0.39 is 0 Å². The van der Waals surface area contributed by atoms with Crippen LogP contribution in [0.1, 0.15) is 32.8 Å². The summed E-state index contributed by atoms with van der Waals surface area (Å²) in [5.41, 5.74) is 6.96. The summed E-state index contributed by atoms with van der Waals surface area (Å²) in [6.07, 6.45) is 0.857. The quantitative estimate of drug-likeness (QED) is 0.788. The zero-order valence-corrected chi connectivity index (χ0v) is 9.05. The molecule has 0 unspecified atom stereocenters. The van der Waals surface area contributed by atoms with Gasteiger partial charge in [0, 0.05) is 5.54 Å². The summed E-state index contributed by atoms with van der Waals surface area (Å²) in [6, 6.07) is 6.49. The van der Waals surface area contributed by atoms with Crippen molar-refractivity contribution in [3.8, 4) is 0 Å². The average molecular weight is 195 g/mol. The maximum absolute atomic E-state index is 12.7. The molecule has 1 rings (SSSR count). The van der Waals surface area contributed by atoms with Crippen molar-refractivity contribution in [2.24, 2.45) is 11.7 Å². The molecule has 0 radical (unpaired) electrons. The minimum absolute atomic E-state index is 0.212. The first kappa shape index (κ1) is 11.2. The highest BCUT2D eigenvalue weighted by molar-refractivity contribution is 5.25. The first-order valence-corrected chi connectivity index (χ1v) is 5.05. The molecule has 2 N–H and O–H groups in total.